The lowest BCUT2D eigenvalue weighted by Crippen LogP contribution is -2.04. The molecule has 2 N–H and O–H groups in total. The fourth-order valence-corrected chi connectivity index (χ4v) is 2.49. The molecule has 2 rings (SSSR count). The van der Waals surface area contributed by atoms with Crippen molar-refractivity contribution in [1.82, 2.24) is 4.57 Å². The van der Waals surface area contributed by atoms with Gasteiger partial charge in [0, 0.05) is 23.1 Å². The first-order valence-corrected chi connectivity index (χ1v) is 5.46. The summed E-state index contributed by atoms with van der Waals surface area (Å²) in [6.45, 7) is 0.696. The van der Waals surface area contributed by atoms with Gasteiger partial charge >= 0.3 is 0 Å². The Hall–Kier alpha value is -0.800. The van der Waals surface area contributed by atoms with Crippen LogP contribution in [0.1, 0.15) is 5.56 Å². The molecular formula is C11H13BrN2. The number of aromatic nitrogens is 1. The lowest BCUT2D eigenvalue weighted by molar-refractivity contribution is 0.928. The van der Waals surface area contributed by atoms with Gasteiger partial charge in [-0.3, -0.25) is 0 Å². The summed E-state index contributed by atoms with van der Waals surface area (Å²) in [6.07, 6.45) is 3.02. The predicted octanol–water partition coefficient (Wildman–Crippen LogP) is 2.44. The number of aryl methyl sites for hydroxylation is 1. The van der Waals surface area contributed by atoms with Gasteiger partial charge in [0.15, 0.2) is 0 Å². The standard InChI is InChI=1S/C11H13BrN2/c1-14-7-10(12)9-4-2-3-8(5-6-13)11(9)14/h2-4,7H,5-6,13H2,1H3. The molecule has 3 heteroatoms. The van der Waals surface area contributed by atoms with Gasteiger partial charge in [-0.05, 0) is 34.5 Å². The maximum Gasteiger partial charge on any atom is 0.0522 e. The molecule has 0 spiro atoms. The van der Waals surface area contributed by atoms with Crippen molar-refractivity contribution in [2.24, 2.45) is 12.8 Å². The number of hydrogen-bond acceptors (Lipinski definition) is 1. The Morgan fingerprint density at radius 1 is 1.43 bits per heavy atom. The highest BCUT2D eigenvalue weighted by molar-refractivity contribution is 9.10. The van der Waals surface area contributed by atoms with Crippen LogP contribution < -0.4 is 5.73 Å². The average molecular weight is 253 g/mol. The van der Waals surface area contributed by atoms with E-state index in [2.05, 4.69) is 51.9 Å². The average Bonchev–Trinajstić information content (AvgIpc) is 2.44. The molecule has 0 saturated carbocycles. The Labute approximate surface area is 91.8 Å². The van der Waals surface area contributed by atoms with Gasteiger partial charge < -0.3 is 10.3 Å². The summed E-state index contributed by atoms with van der Waals surface area (Å²) >= 11 is 3.55. The van der Waals surface area contributed by atoms with Gasteiger partial charge in [0.2, 0.25) is 0 Å². The molecule has 0 atom stereocenters. The number of fused-ring (bicyclic) bond motifs is 1. The van der Waals surface area contributed by atoms with E-state index in [1.807, 2.05) is 0 Å². The number of hydrogen-bond donors (Lipinski definition) is 1. The summed E-state index contributed by atoms with van der Waals surface area (Å²) in [6, 6.07) is 6.35. The summed E-state index contributed by atoms with van der Waals surface area (Å²) in [5, 5.41) is 1.26. The van der Waals surface area contributed by atoms with E-state index in [9.17, 15) is 0 Å². The van der Waals surface area contributed by atoms with E-state index in [1.54, 1.807) is 0 Å². The molecule has 1 heterocycles. The van der Waals surface area contributed by atoms with Crippen molar-refractivity contribution in [1.29, 1.82) is 0 Å². The van der Waals surface area contributed by atoms with Crippen molar-refractivity contribution in [3.8, 4) is 0 Å². The van der Waals surface area contributed by atoms with Crippen LogP contribution in [0, 0.1) is 0 Å². The Balaban J connectivity index is 2.72. The first-order valence-electron chi connectivity index (χ1n) is 4.66. The van der Waals surface area contributed by atoms with E-state index in [-0.39, 0.29) is 0 Å². The molecule has 0 bridgehead atoms. The molecule has 0 unspecified atom stereocenters. The first kappa shape index (κ1) is 9.74. The van der Waals surface area contributed by atoms with Crippen molar-refractivity contribution in [2.75, 3.05) is 6.54 Å². The second kappa shape index (κ2) is 3.75. The van der Waals surface area contributed by atoms with Gasteiger partial charge in [-0.25, -0.2) is 0 Å². The molecule has 2 nitrogen and oxygen atoms in total. The molecule has 0 aliphatic carbocycles. The molecule has 0 amide bonds. The molecule has 0 aliphatic heterocycles. The maximum atomic E-state index is 5.59. The normalized spacial score (nSPS) is 11.1. The summed E-state index contributed by atoms with van der Waals surface area (Å²) in [5.74, 6) is 0. The minimum absolute atomic E-state index is 0.696. The van der Waals surface area contributed by atoms with Crippen LogP contribution in [0.5, 0.6) is 0 Å². The van der Waals surface area contributed by atoms with E-state index in [4.69, 9.17) is 5.73 Å². The number of rotatable bonds is 2. The van der Waals surface area contributed by atoms with Crippen LogP contribution in [-0.2, 0) is 13.5 Å². The quantitative estimate of drug-likeness (QED) is 0.875. The van der Waals surface area contributed by atoms with Crippen LogP contribution in [0.25, 0.3) is 10.9 Å². The van der Waals surface area contributed by atoms with Crippen LogP contribution in [0.15, 0.2) is 28.9 Å². The van der Waals surface area contributed by atoms with Gasteiger partial charge in [-0.1, -0.05) is 18.2 Å². The lowest BCUT2D eigenvalue weighted by Gasteiger charge is -2.04. The molecule has 1 aromatic carbocycles. The lowest BCUT2D eigenvalue weighted by atomic mass is 10.1. The van der Waals surface area contributed by atoms with E-state index >= 15 is 0 Å². The number of halogens is 1. The monoisotopic (exact) mass is 252 g/mol. The zero-order valence-electron chi connectivity index (χ0n) is 8.13. The summed E-state index contributed by atoms with van der Waals surface area (Å²) in [7, 11) is 2.06. The van der Waals surface area contributed by atoms with Gasteiger partial charge in [0.05, 0.1) is 5.52 Å². The fraction of sp³-hybridized carbons (Fsp3) is 0.273. The molecule has 1 aromatic heterocycles. The number of benzene rings is 1. The van der Waals surface area contributed by atoms with Crippen LogP contribution in [0.3, 0.4) is 0 Å². The molecule has 0 aliphatic rings. The number of para-hydroxylation sites is 1. The fourth-order valence-electron chi connectivity index (χ4n) is 1.86. The van der Waals surface area contributed by atoms with Crippen molar-refractivity contribution in [2.45, 2.75) is 6.42 Å². The van der Waals surface area contributed by atoms with E-state index < -0.39 is 0 Å². The van der Waals surface area contributed by atoms with Crippen LogP contribution in [-0.4, -0.2) is 11.1 Å². The van der Waals surface area contributed by atoms with Gasteiger partial charge in [0.25, 0.3) is 0 Å². The number of nitrogens with two attached hydrogens (primary N) is 1. The van der Waals surface area contributed by atoms with Gasteiger partial charge in [-0.2, -0.15) is 0 Å². The molecule has 2 aromatic rings. The van der Waals surface area contributed by atoms with E-state index in [1.165, 1.54) is 16.5 Å². The van der Waals surface area contributed by atoms with Gasteiger partial charge in [0.1, 0.15) is 0 Å². The second-order valence-corrected chi connectivity index (χ2v) is 4.29. The van der Waals surface area contributed by atoms with Crippen molar-refractivity contribution >= 4 is 26.8 Å². The van der Waals surface area contributed by atoms with E-state index in [0.717, 1.165) is 10.9 Å². The van der Waals surface area contributed by atoms with Crippen molar-refractivity contribution in [3.63, 3.8) is 0 Å². The van der Waals surface area contributed by atoms with Crippen molar-refractivity contribution in [3.05, 3.63) is 34.4 Å². The minimum atomic E-state index is 0.696. The highest BCUT2D eigenvalue weighted by Crippen LogP contribution is 2.27. The highest BCUT2D eigenvalue weighted by Gasteiger charge is 2.07. The highest BCUT2D eigenvalue weighted by atomic mass is 79.9. The summed E-state index contributed by atoms with van der Waals surface area (Å²) in [4.78, 5) is 0. The smallest absolute Gasteiger partial charge is 0.0522 e. The largest absolute Gasteiger partial charge is 0.349 e. The Morgan fingerprint density at radius 3 is 2.93 bits per heavy atom. The Bertz CT molecular complexity index is 460. The van der Waals surface area contributed by atoms with Crippen LogP contribution in [0.4, 0.5) is 0 Å². The van der Waals surface area contributed by atoms with Crippen molar-refractivity contribution < 1.29 is 0 Å². The molecule has 74 valence electrons. The number of nitrogens with zero attached hydrogens (tertiary/aromatic N) is 1. The van der Waals surface area contributed by atoms with Crippen LogP contribution in [0.2, 0.25) is 0 Å². The summed E-state index contributed by atoms with van der Waals surface area (Å²) < 4.78 is 3.29. The SMILES string of the molecule is Cn1cc(Br)c2cccc(CCN)c21. The van der Waals surface area contributed by atoms with Gasteiger partial charge in [-0.15, -0.1) is 0 Å². The Morgan fingerprint density at radius 2 is 2.21 bits per heavy atom. The zero-order chi connectivity index (χ0) is 10.1. The molecule has 14 heavy (non-hydrogen) atoms. The third kappa shape index (κ3) is 1.47. The molecule has 0 saturated heterocycles. The topological polar surface area (TPSA) is 30.9 Å². The Kier molecular flexibility index (Phi) is 2.61. The molecular weight excluding hydrogens is 240 g/mol. The third-order valence-corrected chi connectivity index (χ3v) is 3.08. The second-order valence-electron chi connectivity index (χ2n) is 3.44. The molecule has 0 radical (unpaired) electrons. The summed E-state index contributed by atoms with van der Waals surface area (Å²) in [5.41, 5.74) is 8.19. The first-order chi connectivity index (χ1) is 6.74. The predicted molar refractivity (Wildman–Crippen MR) is 63.4 cm³/mol. The third-order valence-electron chi connectivity index (χ3n) is 2.45. The van der Waals surface area contributed by atoms with Crippen LogP contribution >= 0.6 is 15.9 Å². The zero-order valence-corrected chi connectivity index (χ0v) is 9.71. The van der Waals surface area contributed by atoms with E-state index in [0.29, 0.717) is 6.54 Å². The maximum absolute atomic E-state index is 5.59. The molecule has 0 fully saturated rings. The minimum Gasteiger partial charge on any atom is -0.349 e.